The zero-order valence-electron chi connectivity index (χ0n) is 16.7. The number of carbonyl (C=O) groups is 4. The van der Waals surface area contributed by atoms with Crippen molar-refractivity contribution < 1.29 is 38.9 Å². The summed E-state index contributed by atoms with van der Waals surface area (Å²) in [4.78, 5) is 45.9. The predicted octanol–water partition coefficient (Wildman–Crippen LogP) is 2.32. The maximum absolute atomic E-state index is 11.7. The van der Waals surface area contributed by atoms with Crippen LogP contribution in [0.15, 0.2) is 0 Å². The van der Waals surface area contributed by atoms with Crippen LogP contribution in [0.4, 0.5) is 9.59 Å². The van der Waals surface area contributed by atoms with E-state index < -0.39 is 47.4 Å². The lowest BCUT2D eigenvalue weighted by atomic mass is 10.2. The quantitative estimate of drug-likeness (QED) is 0.310. The highest BCUT2D eigenvalue weighted by Crippen LogP contribution is 2.23. The third-order valence-electron chi connectivity index (χ3n) is 2.53. The van der Waals surface area contributed by atoms with Gasteiger partial charge >= 0.3 is 24.1 Å². The summed E-state index contributed by atoms with van der Waals surface area (Å²) in [5.74, 6) is -2.56. The summed E-state index contributed by atoms with van der Waals surface area (Å²) in [5.41, 5.74) is -1.53. The van der Waals surface area contributed by atoms with E-state index in [9.17, 15) is 29.4 Å². The molecule has 2 atom stereocenters. The van der Waals surface area contributed by atoms with Crippen molar-refractivity contribution in [3.8, 4) is 0 Å². The average Bonchev–Trinajstić information content (AvgIpc) is 2.44. The minimum atomic E-state index is -1.25. The molecule has 0 radical (unpaired) electrons. The van der Waals surface area contributed by atoms with Gasteiger partial charge in [-0.3, -0.25) is 0 Å². The van der Waals surface area contributed by atoms with Gasteiger partial charge < -0.3 is 30.3 Å². The standard InChI is InChI=1S/C16H28N2O8S2/c1-15(2,3)25-13(23)17-9(11(19)20)7-27-28-8-10(12(21)22)18-14(24)26-16(4,5)6/h9-10H,7-8H2,1-6H3,(H,17,23)(H,18,24)(H,19,20)(H,21,22)/t9-,10-/m1/s1. The number of aliphatic carboxylic acids is 2. The molecule has 0 saturated heterocycles. The monoisotopic (exact) mass is 440 g/mol. The second kappa shape index (κ2) is 11.2. The summed E-state index contributed by atoms with van der Waals surface area (Å²) >= 11 is 0. The Kier molecular flexibility index (Phi) is 10.5. The minimum absolute atomic E-state index is 0.0297. The van der Waals surface area contributed by atoms with Crippen LogP contribution in [0.3, 0.4) is 0 Å². The largest absolute Gasteiger partial charge is 0.480 e. The summed E-state index contributed by atoms with van der Waals surface area (Å²) in [6.07, 6.45) is -1.72. The topological polar surface area (TPSA) is 151 Å². The molecule has 0 aliphatic rings. The molecule has 0 saturated carbocycles. The fourth-order valence-corrected chi connectivity index (χ4v) is 3.79. The fourth-order valence-electron chi connectivity index (χ4n) is 1.48. The molecular formula is C16H28N2O8S2. The molecular weight excluding hydrogens is 412 g/mol. The van der Waals surface area contributed by atoms with Crippen LogP contribution in [0.25, 0.3) is 0 Å². The molecule has 0 unspecified atom stereocenters. The van der Waals surface area contributed by atoms with Crippen molar-refractivity contribution in [2.45, 2.75) is 64.8 Å². The van der Waals surface area contributed by atoms with E-state index in [1.165, 1.54) is 0 Å². The molecule has 0 aromatic heterocycles. The molecule has 10 nitrogen and oxygen atoms in total. The van der Waals surface area contributed by atoms with Gasteiger partial charge in [0.2, 0.25) is 0 Å². The van der Waals surface area contributed by atoms with E-state index in [-0.39, 0.29) is 11.5 Å². The first-order valence-electron chi connectivity index (χ1n) is 8.30. The van der Waals surface area contributed by atoms with Crippen molar-refractivity contribution in [1.29, 1.82) is 0 Å². The van der Waals surface area contributed by atoms with Gasteiger partial charge in [-0.15, -0.1) is 0 Å². The first kappa shape index (κ1) is 26.2. The average molecular weight is 441 g/mol. The van der Waals surface area contributed by atoms with Gasteiger partial charge in [-0.1, -0.05) is 21.6 Å². The highest BCUT2D eigenvalue weighted by atomic mass is 33.1. The Bertz CT molecular complexity index is 522. The number of carboxylic acids is 2. The molecule has 0 fully saturated rings. The van der Waals surface area contributed by atoms with Gasteiger partial charge in [0.1, 0.15) is 23.3 Å². The van der Waals surface area contributed by atoms with E-state index in [0.717, 1.165) is 21.6 Å². The molecule has 162 valence electrons. The molecule has 28 heavy (non-hydrogen) atoms. The van der Waals surface area contributed by atoms with Gasteiger partial charge in [0, 0.05) is 11.5 Å². The molecule has 0 rings (SSSR count). The molecule has 2 amide bonds. The molecule has 0 aliphatic heterocycles. The predicted molar refractivity (Wildman–Crippen MR) is 107 cm³/mol. The lowest BCUT2D eigenvalue weighted by Crippen LogP contribution is -2.45. The van der Waals surface area contributed by atoms with Gasteiger partial charge in [-0.25, -0.2) is 19.2 Å². The normalized spacial score (nSPS) is 13.8. The Morgan fingerprint density at radius 1 is 0.750 bits per heavy atom. The fraction of sp³-hybridized carbons (Fsp3) is 0.750. The Hall–Kier alpha value is -1.82. The summed E-state index contributed by atoms with van der Waals surface area (Å²) in [5, 5.41) is 22.8. The van der Waals surface area contributed by atoms with Crippen LogP contribution in [0.2, 0.25) is 0 Å². The molecule has 0 aliphatic carbocycles. The number of hydrogen-bond donors (Lipinski definition) is 4. The number of carbonyl (C=O) groups excluding carboxylic acids is 2. The van der Waals surface area contributed by atoms with Crippen molar-refractivity contribution in [1.82, 2.24) is 10.6 Å². The Morgan fingerprint density at radius 2 is 1.04 bits per heavy atom. The van der Waals surface area contributed by atoms with Crippen molar-refractivity contribution in [3.05, 3.63) is 0 Å². The number of carboxylic acid groups (broad SMARTS) is 2. The second-order valence-electron chi connectivity index (χ2n) is 7.64. The lowest BCUT2D eigenvalue weighted by Gasteiger charge is -2.22. The molecule has 0 heterocycles. The Labute approximate surface area is 171 Å². The van der Waals surface area contributed by atoms with E-state index in [1.807, 2.05) is 0 Å². The van der Waals surface area contributed by atoms with Gasteiger partial charge in [0.25, 0.3) is 0 Å². The molecule has 0 aromatic carbocycles. The van der Waals surface area contributed by atoms with Crippen LogP contribution in [-0.4, -0.2) is 69.1 Å². The Balaban J connectivity index is 4.51. The van der Waals surface area contributed by atoms with Gasteiger partial charge in [-0.2, -0.15) is 0 Å². The van der Waals surface area contributed by atoms with E-state index in [4.69, 9.17) is 9.47 Å². The summed E-state index contributed by atoms with van der Waals surface area (Å²) in [7, 11) is 2.09. The van der Waals surface area contributed by atoms with E-state index in [1.54, 1.807) is 41.5 Å². The first-order chi connectivity index (χ1) is 12.6. The number of nitrogens with one attached hydrogen (secondary N) is 2. The van der Waals surface area contributed by atoms with E-state index >= 15 is 0 Å². The number of ether oxygens (including phenoxy) is 2. The molecule has 0 bridgehead atoms. The summed E-state index contributed by atoms with van der Waals surface area (Å²) < 4.78 is 10.0. The minimum Gasteiger partial charge on any atom is -0.480 e. The molecule has 0 aromatic rings. The van der Waals surface area contributed by atoms with Crippen molar-refractivity contribution in [2.75, 3.05) is 11.5 Å². The van der Waals surface area contributed by atoms with Crippen LogP contribution in [-0.2, 0) is 19.1 Å². The molecule has 12 heteroatoms. The first-order valence-corrected chi connectivity index (χ1v) is 10.8. The second-order valence-corrected chi connectivity index (χ2v) is 10.2. The van der Waals surface area contributed by atoms with Crippen LogP contribution in [0.5, 0.6) is 0 Å². The van der Waals surface area contributed by atoms with Crippen LogP contribution < -0.4 is 10.6 Å². The maximum atomic E-state index is 11.7. The lowest BCUT2D eigenvalue weighted by molar-refractivity contribution is -0.139. The zero-order valence-corrected chi connectivity index (χ0v) is 18.4. The van der Waals surface area contributed by atoms with Crippen molar-refractivity contribution >= 4 is 45.7 Å². The van der Waals surface area contributed by atoms with Crippen LogP contribution in [0.1, 0.15) is 41.5 Å². The number of alkyl carbamates (subject to hydrolysis) is 2. The maximum Gasteiger partial charge on any atom is 0.408 e. The van der Waals surface area contributed by atoms with Crippen molar-refractivity contribution in [2.24, 2.45) is 0 Å². The summed E-state index contributed by atoms with van der Waals surface area (Å²) in [6.45, 7) is 9.90. The van der Waals surface area contributed by atoms with Crippen LogP contribution >= 0.6 is 21.6 Å². The summed E-state index contributed by atoms with van der Waals surface area (Å²) in [6, 6.07) is -2.43. The smallest absolute Gasteiger partial charge is 0.408 e. The third kappa shape index (κ3) is 13.4. The number of rotatable bonds is 9. The Morgan fingerprint density at radius 3 is 1.25 bits per heavy atom. The highest BCUT2D eigenvalue weighted by molar-refractivity contribution is 8.76. The van der Waals surface area contributed by atoms with Crippen molar-refractivity contribution in [3.63, 3.8) is 0 Å². The zero-order chi connectivity index (χ0) is 22.1. The highest BCUT2D eigenvalue weighted by Gasteiger charge is 2.26. The van der Waals surface area contributed by atoms with Gasteiger partial charge in [0.15, 0.2) is 0 Å². The van der Waals surface area contributed by atoms with Gasteiger partial charge in [0.05, 0.1) is 0 Å². The molecule has 0 spiro atoms. The molecule has 4 N–H and O–H groups in total. The number of hydrogen-bond acceptors (Lipinski definition) is 8. The van der Waals surface area contributed by atoms with E-state index in [2.05, 4.69) is 10.6 Å². The van der Waals surface area contributed by atoms with Gasteiger partial charge in [-0.05, 0) is 41.5 Å². The number of amides is 2. The SMILES string of the molecule is CC(C)(C)OC(=O)N[C@H](CSSC[C@@H](NC(=O)OC(C)(C)C)C(=O)O)C(=O)O. The third-order valence-corrected chi connectivity index (χ3v) is 4.95. The van der Waals surface area contributed by atoms with Crippen LogP contribution in [0, 0.1) is 0 Å². The van der Waals surface area contributed by atoms with E-state index in [0.29, 0.717) is 0 Å².